The summed E-state index contributed by atoms with van der Waals surface area (Å²) in [4.78, 5) is 20.9. The van der Waals surface area contributed by atoms with Gasteiger partial charge in [-0.3, -0.25) is 4.79 Å². The number of carbonyl (C=O) groups is 2. The lowest BCUT2D eigenvalue weighted by molar-refractivity contribution is -0.145. The van der Waals surface area contributed by atoms with Gasteiger partial charge in [-0.25, -0.2) is 0 Å². The molecule has 1 N–H and O–H groups in total. The molecule has 0 spiro atoms. The smallest absolute Gasteiger partial charge is 0.303 e. The van der Waals surface area contributed by atoms with Gasteiger partial charge in [-0.1, -0.05) is 13.8 Å². The van der Waals surface area contributed by atoms with Crippen LogP contribution in [0.1, 0.15) is 26.7 Å². The highest BCUT2D eigenvalue weighted by Gasteiger charge is 2.48. The Morgan fingerprint density at radius 3 is 2.58 bits per heavy atom. The number of hydrogen-bond donors (Lipinski definition) is 1. The van der Waals surface area contributed by atoms with E-state index in [4.69, 9.17) is 5.11 Å². The van der Waals surface area contributed by atoms with Crippen molar-refractivity contribution < 1.29 is 14.7 Å². The predicted octanol–water partition coefficient (Wildman–Crippen LogP) is 1.32. The van der Waals surface area contributed by atoms with Gasteiger partial charge >= 0.3 is 5.97 Å². The third kappa shape index (κ3) is 1.36. The van der Waals surface area contributed by atoms with E-state index in [9.17, 15) is 9.59 Å². The molecule has 0 aromatic carbocycles. The van der Waals surface area contributed by atoms with Crippen LogP contribution >= 0.6 is 0 Å². The summed E-state index contributed by atoms with van der Waals surface area (Å²) in [5.74, 6) is -0.538. The second kappa shape index (κ2) is 2.88. The van der Waals surface area contributed by atoms with Crippen LogP contribution in [0.4, 0.5) is 0 Å². The molecule has 0 aliphatic heterocycles. The van der Waals surface area contributed by atoms with Crippen LogP contribution in [-0.4, -0.2) is 17.4 Å². The van der Waals surface area contributed by atoms with E-state index in [1.165, 1.54) is 0 Å². The monoisotopic (exact) mass is 170 g/mol. The summed E-state index contributed by atoms with van der Waals surface area (Å²) >= 11 is 0. The Bertz CT molecular complexity index is 208. The molecule has 1 fully saturated rings. The molecule has 12 heavy (non-hydrogen) atoms. The van der Waals surface area contributed by atoms with Gasteiger partial charge in [0, 0.05) is 12.3 Å². The van der Waals surface area contributed by atoms with Crippen LogP contribution in [-0.2, 0) is 9.59 Å². The molecule has 68 valence electrons. The highest BCUT2D eigenvalue weighted by atomic mass is 16.4. The van der Waals surface area contributed by atoms with Crippen LogP contribution in [0.25, 0.3) is 0 Å². The van der Waals surface area contributed by atoms with Crippen molar-refractivity contribution in [1.82, 2.24) is 0 Å². The maximum Gasteiger partial charge on any atom is 0.303 e. The zero-order valence-corrected chi connectivity index (χ0v) is 7.41. The van der Waals surface area contributed by atoms with E-state index in [0.29, 0.717) is 0 Å². The number of carboxylic acids is 1. The normalized spacial score (nSPS) is 32.2. The van der Waals surface area contributed by atoms with E-state index in [2.05, 4.69) is 0 Å². The Morgan fingerprint density at radius 1 is 1.67 bits per heavy atom. The highest BCUT2D eigenvalue weighted by Crippen LogP contribution is 2.51. The van der Waals surface area contributed by atoms with Gasteiger partial charge in [-0.05, 0) is 17.8 Å². The first-order valence-electron chi connectivity index (χ1n) is 4.15. The molecule has 1 aliphatic rings. The first-order chi connectivity index (χ1) is 5.48. The fraction of sp³-hybridized carbons (Fsp3) is 0.778. The molecular formula is C9H14O3. The second-order valence-electron chi connectivity index (χ2n) is 4.09. The minimum absolute atomic E-state index is 0.0573. The summed E-state index contributed by atoms with van der Waals surface area (Å²) < 4.78 is 0. The molecule has 0 aromatic rings. The minimum Gasteiger partial charge on any atom is -0.481 e. The fourth-order valence-electron chi connectivity index (χ4n) is 1.84. The van der Waals surface area contributed by atoms with Gasteiger partial charge in [0.05, 0.1) is 0 Å². The SMILES string of the molecule is CC1(C)[C@H](CC(=O)O)C[C@@H]1C=O. The van der Waals surface area contributed by atoms with Crippen molar-refractivity contribution >= 4 is 12.3 Å². The Morgan fingerprint density at radius 2 is 2.25 bits per heavy atom. The summed E-state index contributed by atoms with van der Waals surface area (Å²) in [5, 5.41) is 8.55. The summed E-state index contributed by atoms with van der Waals surface area (Å²) in [5.41, 5.74) is -0.111. The van der Waals surface area contributed by atoms with Crippen LogP contribution in [0.2, 0.25) is 0 Å². The standard InChI is InChI=1S/C9H14O3/c1-9(2)6(4-8(11)12)3-7(9)5-10/h5-7H,3-4H2,1-2H3,(H,11,12)/t6-,7+/m0/s1. The van der Waals surface area contributed by atoms with Gasteiger partial charge in [0.15, 0.2) is 0 Å². The zero-order valence-electron chi connectivity index (χ0n) is 7.41. The van der Waals surface area contributed by atoms with Crippen LogP contribution in [0.5, 0.6) is 0 Å². The summed E-state index contributed by atoms with van der Waals surface area (Å²) in [7, 11) is 0. The lowest BCUT2D eigenvalue weighted by Gasteiger charge is -2.49. The van der Waals surface area contributed by atoms with Crippen molar-refractivity contribution in [3.63, 3.8) is 0 Å². The summed E-state index contributed by atoms with van der Waals surface area (Å²) in [6.45, 7) is 3.92. The summed E-state index contributed by atoms with van der Waals surface area (Å²) in [6, 6.07) is 0. The van der Waals surface area contributed by atoms with Gasteiger partial charge in [0.2, 0.25) is 0 Å². The van der Waals surface area contributed by atoms with E-state index < -0.39 is 5.97 Å². The number of aldehydes is 1. The molecule has 0 aromatic heterocycles. The van der Waals surface area contributed by atoms with Gasteiger partial charge in [-0.15, -0.1) is 0 Å². The van der Waals surface area contributed by atoms with E-state index in [1.54, 1.807) is 0 Å². The van der Waals surface area contributed by atoms with Gasteiger partial charge < -0.3 is 9.90 Å². The molecule has 0 heterocycles. The molecule has 2 atom stereocenters. The van der Waals surface area contributed by atoms with E-state index in [-0.39, 0.29) is 23.7 Å². The Balaban J connectivity index is 2.53. The lowest BCUT2D eigenvalue weighted by atomic mass is 9.54. The predicted molar refractivity (Wildman–Crippen MR) is 43.7 cm³/mol. The van der Waals surface area contributed by atoms with Crippen molar-refractivity contribution in [2.24, 2.45) is 17.3 Å². The number of carbonyl (C=O) groups excluding carboxylic acids is 1. The van der Waals surface area contributed by atoms with E-state index >= 15 is 0 Å². The molecule has 1 saturated carbocycles. The molecule has 3 heteroatoms. The maximum atomic E-state index is 10.5. The molecule has 0 amide bonds. The number of carboxylic acid groups (broad SMARTS) is 1. The van der Waals surface area contributed by atoms with Crippen LogP contribution in [0.15, 0.2) is 0 Å². The quantitative estimate of drug-likeness (QED) is 0.650. The average Bonchev–Trinajstić information content (AvgIpc) is 1.96. The minimum atomic E-state index is -0.766. The highest BCUT2D eigenvalue weighted by molar-refractivity contribution is 5.68. The molecule has 0 unspecified atom stereocenters. The Hall–Kier alpha value is -0.860. The second-order valence-corrected chi connectivity index (χ2v) is 4.09. The fourth-order valence-corrected chi connectivity index (χ4v) is 1.84. The summed E-state index contributed by atoms with van der Waals surface area (Å²) in [6.07, 6.45) is 1.87. The van der Waals surface area contributed by atoms with Gasteiger partial charge in [0.1, 0.15) is 6.29 Å². The van der Waals surface area contributed by atoms with Gasteiger partial charge in [-0.2, -0.15) is 0 Å². The lowest BCUT2D eigenvalue weighted by Crippen LogP contribution is -2.46. The van der Waals surface area contributed by atoms with Gasteiger partial charge in [0.25, 0.3) is 0 Å². The van der Waals surface area contributed by atoms with Crippen molar-refractivity contribution in [2.45, 2.75) is 26.7 Å². The maximum absolute atomic E-state index is 10.5. The number of hydrogen-bond acceptors (Lipinski definition) is 2. The molecule has 3 nitrogen and oxygen atoms in total. The van der Waals surface area contributed by atoms with Crippen molar-refractivity contribution in [1.29, 1.82) is 0 Å². The van der Waals surface area contributed by atoms with Crippen LogP contribution < -0.4 is 0 Å². The third-order valence-electron chi connectivity index (χ3n) is 3.13. The Labute approximate surface area is 71.8 Å². The van der Waals surface area contributed by atoms with E-state index in [1.807, 2.05) is 13.8 Å². The first kappa shape index (κ1) is 9.23. The largest absolute Gasteiger partial charge is 0.481 e. The topological polar surface area (TPSA) is 54.4 Å². The third-order valence-corrected chi connectivity index (χ3v) is 3.13. The molecule has 0 bridgehead atoms. The molecule has 0 radical (unpaired) electrons. The number of aliphatic carboxylic acids is 1. The first-order valence-corrected chi connectivity index (χ1v) is 4.15. The van der Waals surface area contributed by atoms with Crippen LogP contribution in [0, 0.1) is 17.3 Å². The van der Waals surface area contributed by atoms with Crippen molar-refractivity contribution in [2.75, 3.05) is 0 Å². The Kier molecular flexibility index (Phi) is 2.22. The van der Waals surface area contributed by atoms with Crippen LogP contribution in [0.3, 0.4) is 0 Å². The zero-order chi connectivity index (χ0) is 9.35. The molecule has 1 rings (SSSR count). The number of rotatable bonds is 3. The molecular weight excluding hydrogens is 156 g/mol. The molecule has 1 aliphatic carbocycles. The average molecular weight is 170 g/mol. The molecule has 0 saturated heterocycles. The van der Waals surface area contributed by atoms with E-state index in [0.717, 1.165) is 12.7 Å². The van der Waals surface area contributed by atoms with Crippen molar-refractivity contribution in [3.8, 4) is 0 Å². The van der Waals surface area contributed by atoms with Crippen molar-refractivity contribution in [3.05, 3.63) is 0 Å².